The van der Waals surface area contributed by atoms with Gasteiger partial charge in [-0.25, -0.2) is 0 Å². The van der Waals surface area contributed by atoms with Crippen LogP contribution in [0.15, 0.2) is 0 Å². The molecule has 0 heterocycles. The molecule has 0 fully saturated rings. The van der Waals surface area contributed by atoms with E-state index < -0.39 is 0 Å². The molecule has 3 heteroatoms. The third-order valence-electron chi connectivity index (χ3n) is 1.85. The van der Waals surface area contributed by atoms with Crippen LogP contribution in [0.3, 0.4) is 0 Å². The lowest BCUT2D eigenvalue weighted by molar-refractivity contribution is 0.0567. The zero-order valence-corrected chi connectivity index (χ0v) is 8.14. The van der Waals surface area contributed by atoms with Crippen molar-refractivity contribution in [1.29, 1.82) is 0 Å². The molecule has 2 N–H and O–H groups in total. The lowest BCUT2D eigenvalue weighted by Gasteiger charge is -2.29. The number of aliphatic hydroxyl groups excluding tert-OH is 2. The molecular weight excluding hydrogens is 160 g/mol. The molecule has 0 saturated carbocycles. The standard InChI is InChI=1S/C8H18O2S/c1-7(2)3-8(4-9,5-10)6-11/h7,9-11H,3-6H2,1-2H3. The van der Waals surface area contributed by atoms with Crippen molar-refractivity contribution in [2.45, 2.75) is 20.3 Å². The molecule has 0 rings (SSSR count). The smallest absolute Gasteiger partial charge is 0.0517 e. The Hall–Kier alpha value is 0.270. The summed E-state index contributed by atoms with van der Waals surface area (Å²) in [5.74, 6) is 1.03. The Morgan fingerprint density at radius 1 is 1.27 bits per heavy atom. The maximum absolute atomic E-state index is 9.02. The third kappa shape index (κ3) is 3.45. The predicted octanol–water partition coefficient (Wildman–Crippen LogP) is 0.933. The van der Waals surface area contributed by atoms with Gasteiger partial charge in [0.15, 0.2) is 0 Å². The molecule has 0 radical (unpaired) electrons. The lowest BCUT2D eigenvalue weighted by Crippen LogP contribution is -2.33. The first-order valence-corrected chi connectivity index (χ1v) is 4.56. The highest BCUT2D eigenvalue weighted by Gasteiger charge is 2.27. The fraction of sp³-hybridized carbons (Fsp3) is 1.00. The van der Waals surface area contributed by atoms with Gasteiger partial charge in [-0.1, -0.05) is 13.8 Å². The van der Waals surface area contributed by atoms with E-state index in [1.807, 2.05) is 0 Å². The summed E-state index contributed by atoms with van der Waals surface area (Å²) < 4.78 is 0. The van der Waals surface area contributed by atoms with Gasteiger partial charge in [0.1, 0.15) is 0 Å². The third-order valence-corrected chi connectivity index (χ3v) is 2.52. The Morgan fingerprint density at radius 2 is 1.73 bits per heavy atom. The highest BCUT2D eigenvalue weighted by molar-refractivity contribution is 7.80. The molecule has 0 aromatic heterocycles. The summed E-state index contributed by atoms with van der Waals surface area (Å²) in [5, 5.41) is 18.0. The van der Waals surface area contributed by atoms with E-state index in [9.17, 15) is 0 Å². The molecule has 0 unspecified atom stereocenters. The Kier molecular flexibility index (Phi) is 5.13. The molecular formula is C8H18O2S. The van der Waals surface area contributed by atoms with E-state index in [1.165, 1.54) is 0 Å². The van der Waals surface area contributed by atoms with Crippen LogP contribution in [0.2, 0.25) is 0 Å². The van der Waals surface area contributed by atoms with E-state index in [-0.39, 0.29) is 18.6 Å². The van der Waals surface area contributed by atoms with Gasteiger partial charge < -0.3 is 10.2 Å². The monoisotopic (exact) mass is 178 g/mol. The van der Waals surface area contributed by atoms with E-state index in [0.29, 0.717) is 11.7 Å². The summed E-state index contributed by atoms with van der Waals surface area (Å²) in [6.45, 7) is 4.18. The second-order valence-corrected chi connectivity index (χ2v) is 3.89. The average Bonchev–Trinajstić information content (AvgIpc) is 2.00. The first-order valence-electron chi connectivity index (χ1n) is 3.93. The van der Waals surface area contributed by atoms with Gasteiger partial charge in [0, 0.05) is 11.2 Å². The van der Waals surface area contributed by atoms with Crippen LogP contribution >= 0.6 is 12.6 Å². The quantitative estimate of drug-likeness (QED) is 0.548. The highest BCUT2D eigenvalue weighted by Crippen LogP contribution is 2.26. The van der Waals surface area contributed by atoms with E-state index >= 15 is 0 Å². The van der Waals surface area contributed by atoms with Crippen molar-refractivity contribution in [2.24, 2.45) is 11.3 Å². The normalized spacial score (nSPS) is 12.5. The first kappa shape index (κ1) is 11.3. The van der Waals surface area contributed by atoms with Gasteiger partial charge in [-0.3, -0.25) is 0 Å². The van der Waals surface area contributed by atoms with E-state index in [2.05, 4.69) is 26.5 Å². The van der Waals surface area contributed by atoms with Crippen molar-refractivity contribution >= 4 is 12.6 Å². The lowest BCUT2D eigenvalue weighted by atomic mass is 9.83. The van der Waals surface area contributed by atoms with E-state index in [0.717, 1.165) is 6.42 Å². The van der Waals surface area contributed by atoms with Crippen molar-refractivity contribution in [3.63, 3.8) is 0 Å². The van der Waals surface area contributed by atoms with Gasteiger partial charge in [0.2, 0.25) is 0 Å². The zero-order valence-electron chi connectivity index (χ0n) is 7.25. The van der Waals surface area contributed by atoms with Crippen molar-refractivity contribution in [3.8, 4) is 0 Å². The van der Waals surface area contributed by atoms with Crippen LogP contribution < -0.4 is 0 Å². The molecule has 0 aliphatic heterocycles. The summed E-state index contributed by atoms with van der Waals surface area (Å²) in [4.78, 5) is 0. The van der Waals surface area contributed by atoms with Gasteiger partial charge >= 0.3 is 0 Å². The Bertz CT molecular complexity index is 92.0. The van der Waals surface area contributed by atoms with Crippen LogP contribution in [-0.4, -0.2) is 29.2 Å². The molecule has 0 amide bonds. The first-order chi connectivity index (χ1) is 5.10. The molecule has 68 valence electrons. The SMILES string of the molecule is CC(C)CC(CO)(CO)CS. The highest BCUT2D eigenvalue weighted by atomic mass is 32.1. The molecule has 0 saturated heterocycles. The van der Waals surface area contributed by atoms with Gasteiger partial charge in [-0.05, 0) is 12.3 Å². The Balaban J connectivity index is 4.05. The summed E-state index contributed by atoms with van der Waals surface area (Å²) >= 11 is 4.12. The van der Waals surface area contributed by atoms with Crippen LogP contribution in [0.4, 0.5) is 0 Å². The largest absolute Gasteiger partial charge is 0.396 e. The summed E-state index contributed by atoms with van der Waals surface area (Å²) in [5.41, 5.74) is -0.378. The Labute approximate surface area is 74.0 Å². The second-order valence-electron chi connectivity index (χ2n) is 3.57. The van der Waals surface area contributed by atoms with Crippen LogP contribution in [0, 0.1) is 11.3 Å². The van der Waals surface area contributed by atoms with Crippen LogP contribution in [0.1, 0.15) is 20.3 Å². The second kappa shape index (κ2) is 5.01. The maximum Gasteiger partial charge on any atom is 0.0517 e. The van der Waals surface area contributed by atoms with Gasteiger partial charge in [-0.15, -0.1) is 0 Å². The molecule has 0 aromatic rings. The minimum absolute atomic E-state index is 0.0190. The zero-order chi connectivity index (χ0) is 8.91. The molecule has 0 aliphatic rings. The molecule has 2 nitrogen and oxygen atoms in total. The number of rotatable bonds is 5. The molecule has 11 heavy (non-hydrogen) atoms. The predicted molar refractivity (Wildman–Crippen MR) is 49.9 cm³/mol. The average molecular weight is 178 g/mol. The Morgan fingerprint density at radius 3 is 1.82 bits per heavy atom. The fourth-order valence-corrected chi connectivity index (χ4v) is 1.54. The van der Waals surface area contributed by atoms with Gasteiger partial charge in [0.05, 0.1) is 13.2 Å². The van der Waals surface area contributed by atoms with Gasteiger partial charge in [-0.2, -0.15) is 12.6 Å². The molecule has 0 aromatic carbocycles. The van der Waals surface area contributed by atoms with Crippen molar-refractivity contribution < 1.29 is 10.2 Å². The molecule has 0 atom stereocenters. The molecule has 0 spiro atoms. The summed E-state index contributed by atoms with van der Waals surface area (Å²) in [7, 11) is 0. The fourth-order valence-electron chi connectivity index (χ4n) is 1.21. The van der Waals surface area contributed by atoms with Crippen molar-refractivity contribution in [1.82, 2.24) is 0 Å². The van der Waals surface area contributed by atoms with Crippen LogP contribution in [-0.2, 0) is 0 Å². The topological polar surface area (TPSA) is 40.5 Å². The number of aliphatic hydroxyl groups is 2. The summed E-state index contributed by atoms with van der Waals surface area (Å²) in [6, 6.07) is 0. The van der Waals surface area contributed by atoms with Crippen LogP contribution in [0.5, 0.6) is 0 Å². The van der Waals surface area contributed by atoms with Crippen molar-refractivity contribution in [2.75, 3.05) is 19.0 Å². The number of hydrogen-bond donors (Lipinski definition) is 3. The minimum Gasteiger partial charge on any atom is -0.396 e. The molecule has 0 aliphatic carbocycles. The minimum atomic E-state index is -0.378. The van der Waals surface area contributed by atoms with E-state index in [4.69, 9.17) is 10.2 Å². The number of thiol groups is 1. The van der Waals surface area contributed by atoms with Crippen LogP contribution in [0.25, 0.3) is 0 Å². The van der Waals surface area contributed by atoms with Crippen molar-refractivity contribution in [3.05, 3.63) is 0 Å². The van der Waals surface area contributed by atoms with E-state index in [1.54, 1.807) is 0 Å². The maximum atomic E-state index is 9.02. The summed E-state index contributed by atoms with van der Waals surface area (Å²) in [6.07, 6.45) is 0.823. The number of hydrogen-bond acceptors (Lipinski definition) is 3. The molecule has 0 bridgehead atoms. The van der Waals surface area contributed by atoms with Gasteiger partial charge in [0.25, 0.3) is 0 Å².